The summed E-state index contributed by atoms with van der Waals surface area (Å²) >= 11 is 3.00. The van der Waals surface area contributed by atoms with Gasteiger partial charge in [-0.15, -0.1) is 23.5 Å². The quantitative estimate of drug-likeness (QED) is 0.0777. The number of methoxy groups -OCH3 is 4. The first-order valence-electron chi connectivity index (χ1n) is 37.2. The second-order valence-electron chi connectivity index (χ2n) is 30.9. The fraction of sp³-hybridized carbons (Fsp3) is 0.494. The Hall–Kier alpha value is -9.29. The summed E-state index contributed by atoms with van der Waals surface area (Å²) in [6.45, 7) is 10.7. The Balaban J connectivity index is 0.000000161. The van der Waals surface area contributed by atoms with E-state index in [9.17, 15) is 50.0 Å². The first kappa shape index (κ1) is 74.5. The normalized spacial score (nSPS) is 29.2. The number of nitriles is 1. The zero-order valence-corrected chi connectivity index (χ0v) is 65.7. The van der Waals surface area contributed by atoms with E-state index in [0.717, 1.165) is 33.4 Å². The molecule has 20 rings (SSSR count). The highest BCUT2D eigenvalue weighted by Gasteiger charge is 2.65. The van der Waals surface area contributed by atoms with Crippen molar-refractivity contribution in [3.63, 3.8) is 0 Å². The number of thioether (sulfide) groups is 2. The van der Waals surface area contributed by atoms with Crippen LogP contribution >= 0.6 is 23.5 Å². The molecule has 0 saturated carbocycles. The van der Waals surface area contributed by atoms with Gasteiger partial charge in [-0.3, -0.25) is 39.0 Å². The number of carbonyl (C=O) groups excluding carboxylic acids is 4. The number of piperazine rings is 2. The van der Waals surface area contributed by atoms with Crippen molar-refractivity contribution in [2.45, 2.75) is 149 Å². The van der Waals surface area contributed by atoms with E-state index >= 15 is 0 Å². The molecule has 8 bridgehead atoms. The van der Waals surface area contributed by atoms with E-state index in [2.05, 4.69) is 20.8 Å². The van der Waals surface area contributed by atoms with Gasteiger partial charge in [0.2, 0.25) is 13.6 Å². The third-order valence-corrected chi connectivity index (χ3v) is 28.6. The number of hydrogen-bond acceptors (Lipinski definition) is 30. The van der Waals surface area contributed by atoms with Gasteiger partial charge < -0.3 is 82.4 Å². The molecular weight excluding hydrogens is 1470 g/mol. The van der Waals surface area contributed by atoms with Crippen LogP contribution in [0.25, 0.3) is 0 Å². The van der Waals surface area contributed by atoms with Crippen LogP contribution in [0.3, 0.4) is 0 Å². The Morgan fingerprint density at radius 2 is 0.946 bits per heavy atom. The van der Waals surface area contributed by atoms with Crippen LogP contribution in [-0.2, 0) is 65.4 Å². The standard InChI is InChI=1S/C41H44N4O10S.C40H45N3O11S/c1-18-10-22-11-24-25(14-42)45-26-15-52-40(49)41(23-13-28(50-6)27(47)12-21(23)8-9-43(41)4)16-56-39(33(45)32(44(24)5)29(22)34(48)35(18)51-7)31-30(26)38-37(53-17-54-38)19(2)36(31)55-20(3)46;1-17-10-21-11-23-38(47)43-24-14-51-39(48)40(22-13-26(49-6)25(45)12-20(22)8-9-41(40)4)15-55-37(31(43)30(42(23)5)27(21)32(46)33(17)50-7)29-28(24)36-35(52-16-53-36)18(2)34(29)54-19(3)44/h10,12-13,24-26,32-33,39,47-48H,8-9,11,15-17H2,1-7H3;10,12-13,23-24,30-31,37-38,45-47H,8-9,11,14-16H2,1-7H3/t24-,25-,26-,32+,33?,39+,41+;23-,24-,30+,31?,37+,38-,40+/m00/s1. The number of esters is 4. The van der Waals surface area contributed by atoms with E-state index in [1.165, 1.54) is 65.8 Å². The molecule has 14 heterocycles. The number of fused-ring (bicyclic) bond motifs is 18. The third kappa shape index (κ3) is 10.6. The minimum absolute atomic E-state index is 0.0155. The van der Waals surface area contributed by atoms with Crippen LogP contribution < -0.4 is 47.4 Å². The maximum atomic E-state index is 15.0. The minimum atomic E-state index is -1.32. The molecule has 0 aliphatic carbocycles. The molecule has 111 heavy (non-hydrogen) atoms. The lowest BCUT2D eigenvalue weighted by Crippen LogP contribution is -2.70. The van der Waals surface area contributed by atoms with E-state index < -0.39 is 94.0 Å². The number of aliphatic hydroxyl groups excluding tert-OH is 1. The molecule has 586 valence electrons. The number of aliphatic hydroxyl groups is 1. The Kier molecular flexibility index (Phi) is 18.3. The Morgan fingerprint density at radius 3 is 1.37 bits per heavy atom. The maximum Gasteiger partial charge on any atom is 0.332 e. The van der Waals surface area contributed by atoms with Gasteiger partial charge in [-0.05, 0) is 150 Å². The topological polar surface area (TPSA) is 323 Å². The van der Waals surface area contributed by atoms with Crippen molar-refractivity contribution in [3.05, 3.63) is 125 Å². The Bertz CT molecular complexity index is 5040. The van der Waals surface area contributed by atoms with Crippen LogP contribution in [0.4, 0.5) is 0 Å². The highest BCUT2D eigenvalue weighted by Crippen LogP contribution is 2.68. The van der Waals surface area contributed by atoms with Crippen LogP contribution in [0.5, 0.6) is 80.5 Å². The minimum Gasteiger partial charge on any atom is -0.504 e. The summed E-state index contributed by atoms with van der Waals surface area (Å²) in [4.78, 5) is 68.3. The molecule has 0 amide bonds. The lowest BCUT2D eigenvalue weighted by molar-refractivity contribution is -0.188. The third-order valence-electron chi connectivity index (χ3n) is 25.7. The number of ether oxygens (including phenoxy) is 12. The summed E-state index contributed by atoms with van der Waals surface area (Å²) < 4.78 is 72.4. The molecule has 5 N–H and O–H groups in total. The Morgan fingerprint density at radius 1 is 0.532 bits per heavy atom. The SMILES string of the molecule is COc1cc2c(cc1O)CCN(C)[C@]21CS[C@@H]2c3c(OC(C)=O)c(C)c4c(c3[C@H](COC1=O)N1C2[C@H]2c3c(cc(C)c(OC)c3O)C[C@@H]([C@@H]1C#N)N2C)OCO4.COc1cc2c(cc1O)CCN(C)[C@]21CS[C@@H]2c3c(OC(C)=O)c(C)c4c(c3[C@H](COC1=O)N1C2[C@H]2c3c(cc(C)c(OC)c3O)C[C@@H]([C@@H]1O)N2C)OCO4. The number of likely N-dealkylation sites (N-methyl/N-ethyl adjacent to an activating group) is 4. The maximum absolute atomic E-state index is 15.0. The molecule has 14 aliphatic rings. The van der Waals surface area contributed by atoms with Crippen molar-refractivity contribution in [2.75, 3.05) is 108 Å². The Labute approximate surface area is 649 Å². The van der Waals surface area contributed by atoms with E-state index in [1.54, 1.807) is 24.3 Å². The zero-order valence-electron chi connectivity index (χ0n) is 64.1. The van der Waals surface area contributed by atoms with Crippen LogP contribution in [0, 0.1) is 39.0 Å². The molecule has 4 saturated heterocycles. The van der Waals surface area contributed by atoms with Gasteiger partial charge in [0.05, 0.1) is 75.2 Å². The van der Waals surface area contributed by atoms with Gasteiger partial charge in [-0.2, -0.15) is 5.26 Å². The summed E-state index contributed by atoms with van der Waals surface area (Å²) in [5.41, 5.74) is 9.01. The number of phenolic OH excluding ortho intramolecular Hbond substituents is 4. The summed E-state index contributed by atoms with van der Waals surface area (Å²) in [6, 6.07) is 8.53. The lowest BCUT2D eigenvalue weighted by Gasteiger charge is -2.62. The number of rotatable bonds is 6. The number of aromatic hydroxyl groups is 4. The molecule has 14 aliphatic heterocycles. The predicted molar refractivity (Wildman–Crippen MR) is 402 cm³/mol. The molecule has 0 radical (unpaired) electrons. The highest BCUT2D eigenvalue weighted by atomic mass is 32.2. The van der Waals surface area contributed by atoms with Gasteiger partial charge >= 0.3 is 23.9 Å². The van der Waals surface area contributed by atoms with E-state index in [1.807, 2.05) is 82.7 Å². The summed E-state index contributed by atoms with van der Waals surface area (Å²) in [5.74, 6) is 2.11. The number of carbonyl (C=O) groups is 4. The van der Waals surface area contributed by atoms with E-state index in [4.69, 9.17) is 56.8 Å². The monoisotopic (exact) mass is 1560 g/mol. The molecular formula is C81H89N7O21S2. The average Bonchev–Trinajstić information content (AvgIpc) is 1.47. The molecule has 2 spiro atoms. The van der Waals surface area contributed by atoms with Gasteiger partial charge in [-0.25, -0.2) is 9.59 Å². The summed E-state index contributed by atoms with van der Waals surface area (Å²) in [6.07, 6.45) is 1.07. The van der Waals surface area contributed by atoms with Crippen molar-refractivity contribution >= 4 is 47.4 Å². The summed E-state index contributed by atoms with van der Waals surface area (Å²) in [7, 11) is 13.8. The molecule has 0 aromatic heterocycles. The smallest absolute Gasteiger partial charge is 0.332 e. The van der Waals surface area contributed by atoms with Gasteiger partial charge in [0.1, 0.15) is 37.0 Å². The number of hydrogen-bond donors (Lipinski definition) is 5. The van der Waals surface area contributed by atoms with Crippen molar-refractivity contribution in [2.24, 2.45) is 0 Å². The fourth-order valence-corrected chi connectivity index (χ4v) is 24.4. The predicted octanol–water partition coefficient (Wildman–Crippen LogP) is 8.08. The fourth-order valence-electron chi connectivity index (χ4n) is 20.8. The van der Waals surface area contributed by atoms with Crippen molar-refractivity contribution in [1.29, 1.82) is 5.26 Å². The van der Waals surface area contributed by atoms with E-state index in [0.29, 0.717) is 140 Å². The van der Waals surface area contributed by atoms with Crippen LogP contribution in [0.2, 0.25) is 0 Å². The summed E-state index contributed by atoms with van der Waals surface area (Å²) in [5, 5.41) is 68.4. The van der Waals surface area contributed by atoms with E-state index in [-0.39, 0.29) is 84.9 Å². The molecule has 4 fully saturated rings. The van der Waals surface area contributed by atoms with Gasteiger partial charge in [0.15, 0.2) is 80.1 Å². The second kappa shape index (κ2) is 27.2. The molecule has 2 unspecified atom stereocenters. The van der Waals surface area contributed by atoms with Gasteiger partial charge in [-0.1, -0.05) is 12.1 Å². The largest absolute Gasteiger partial charge is 0.504 e. The number of phenols is 4. The molecule has 30 heteroatoms. The molecule has 28 nitrogen and oxygen atoms in total. The lowest BCUT2D eigenvalue weighted by atomic mass is 9.71. The van der Waals surface area contributed by atoms with Gasteiger partial charge in [0.25, 0.3) is 0 Å². The van der Waals surface area contributed by atoms with Crippen molar-refractivity contribution < 1.29 is 102 Å². The molecule has 6 aromatic rings. The van der Waals surface area contributed by atoms with Gasteiger partial charge in [0, 0.05) is 101 Å². The first-order valence-corrected chi connectivity index (χ1v) is 39.3. The molecule has 6 aromatic carbocycles. The number of nitrogens with zero attached hydrogens (tertiary/aromatic N) is 7. The molecule has 14 atom stereocenters. The number of benzene rings is 6. The van der Waals surface area contributed by atoms with Crippen molar-refractivity contribution in [1.82, 2.24) is 29.4 Å². The second-order valence-corrected chi connectivity index (χ2v) is 33.2. The first-order chi connectivity index (χ1) is 53.2. The zero-order chi connectivity index (χ0) is 78.4. The highest BCUT2D eigenvalue weighted by molar-refractivity contribution is 7.99. The average molecular weight is 1560 g/mol. The van der Waals surface area contributed by atoms with Crippen LogP contribution in [-0.4, -0.2) is 223 Å². The number of aryl methyl sites for hydroxylation is 2. The van der Waals surface area contributed by atoms with Crippen molar-refractivity contribution in [3.8, 4) is 86.6 Å². The van der Waals surface area contributed by atoms with Crippen LogP contribution in [0.1, 0.15) is 138 Å². The van der Waals surface area contributed by atoms with Crippen LogP contribution in [0.15, 0.2) is 36.4 Å².